The van der Waals surface area contributed by atoms with Crippen molar-refractivity contribution in [3.05, 3.63) is 21.4 Å². The molecule has 1 unspecified atom stereocenters. The standard InChI is InChI=1S/C17H24N6O2S/c1-11-10-26-16(19-11)13-14(20-12-3-2-4-18-9-12)21-17(22-15(13)24)23-5-7-25-8-6-23/h10,12,18H,2-9H2,1H3,(H2,20,21,22,24). The molecule has 8 nitrogen and oxygen atoms in total. The molecule has 140 valence electrons. The predicted molar refractivity (Wildman–Crippen MR) is 103 cm³/mol. The number of rotatable bonds is 4. The molecule has 0 radical (unpaired) electrons. The van der Waals surface area contributed by atoms with E-state index in [4.69, 9.17) is 9.72 Å². The fourth-order valence-corrected chi connectivity index (χ4v) is 4.17. The first-order valence-electron chi connectivity index (χ1n) is 9.07. The van der Waals surface area contributed by atoms with Crippen molar-refractivity contribution >= 4 is 23.1 Å². The summed E-state index contributed by atoms with van der Waals surface area (Å²) >= 11 is 1.47. The quantitative estimate of drug-likeness (QED) is 0.738. The molecule has 4 rings (SSSR count). The van der Waals surface area contributed by atoms with Gasteiger partial charge in [-0.1, -0.05) is 0 Å². The van der Waals surface area contributed by atoms with Gasteiger partial charge in [-0.2, -0.15) is 4.98 Å². The van der Waals surface area contributed by atoms with Crippen molar-refractivity contribution in [1.29, 1.82) is 0 Å². The summed E-state index contributed by atoms with van der Waals surface area (Å²) in [4.78, 5) is 27.2. The van der Waals surface area contributed by atoms with Crippen LogP contribution in [0.15, 0.2) is 10.2 Å². The third-order valence-corrected chi connectivity index (χ3v) is 5.67. The van der Waals surface area contributed by atoms with Crippen LogP contribution in [0.25, 0.3) is 10.6 Å². The molecule has 2 saturated heterocycles. The Bertz CT molecular complexity index is 808. The van der Waals surface area contributed by atoms with Crippen LogP contribution in [0.3, 0.4) is 0 Å². The zero-order valence-corrected chi connectivity index (χ0v) is 15.7. The Labute approximate surface area is 156 Å². The molecule has 0 bridgehead atoms. The van der Waals surface area contributed by atoms with E-state index < -0.39 is 0 Å². The third-order valence-electron chi connectivity index (χ3n) is 4.69. The summed E-state index contributed by atoms with van der Waals surface area (Å²) in [6, 6.07) is 0.260. The lowest BCUT2D eigenvalue weighted by molar-refractivity contribution is 0.122. The summed E-state index contributed by atoms with van der Waals surface area (Å²) in [5.74, 6) is 1.22. The molecule has 0 aromatic carbocycles. The van der Waals surface area contributed by atoms with E-state index in [-0.39, 0.29) is 11.6 Å². The van der Waals surface area contributed by atoms with E-state index in [0.29, 0.717) is 35.6 Å². The second-order valence-electron chi connectivity index (χ2n) is 6.69. The van der Waals surface area contributed by atoms with Crippen LogP contribution in [-0.4, -0.2) is 60.4 Å². The van der Waals surface area contributed by atoms with Crippen molar-refractivity contribution in [3.63, 3.8) is 0 Å². The summed E-state index contributed by atoms with van der Waals surface area (Å²) in [5.41, 5.74) is 1.29. The summed E-state index contributed by atoms with van der Waals surface area (Å²) in [6.07, 6.45) is 2.17. The van der Waals surface area contributed by atoms with Gasteiger partial charge in [-0.15, -0.1) is 11.3 Å². The monoisotopic (exact) mass is 376 g/mol. The van der Waals surface area contributed by atoms with E-state index in [9.17, 15) is 4.79 Å². The molecule has 2 aromatic rings. The van der Waals surface area contributed by atoms with Gasteiger partial charge in [-0.05, 0) is 26.3 Å². The fraction of sp³-hybridized carbons (Fsp3) is 0.588. The van der Waals surface area contributed by atoms with Crippen LogP contribution >= 0.6 is 11.3 Å². The van der Waals surface area contributed by atoms with Crippen LogP contribution in [0.5, 0.6) is 0 Å². The number of piperidine rings is 1. The minimum absolute atomic E-state index is 0.151. The van der Waals surface area contributed by atoms with Crippen molar-refractivity contribution in [2.45, 2.75) is 25.8 Å². The van der Waals surface area contributed by atoms with Gasteiger partial charge in [-0.25, -0.2) is 4.98 Å². The zero-order valence-electron chi connectivity index (χ0n) is 14.9. The molecule has 2 aliphatic rings. The summed E-state index contributed by atoms with van der Waals surface area (Å²) in [6.45, 7) is 6.59. The van der Waals surface area contributed by atoms with Gasteiger partial charge < -0.3 is 20.3 Å². The van der Waals surface area contributed by atoms with Gasteiger partial charge in [-0.3, -0.25) is 9.78 Å². The van der Waals surface area contributed by atoms with Gasteiger partial charge in [0.25, 0.3) is 5.56 Å². The number of anilines is 2. The maximum atomic E-state index is 12.9. The molecule has 0 saturated carbocycles. The van der Waals surface area contributed by atoms with Gasteiger partial charge in [0.05, 0.1) is 13.2 Å². The molecule has 0 amide bonds. The second-order valence-corrected chi connectivity index (χ2v) is 7.55. The summed E-state index contributed by atoms with van der Waals surface area (Å²) in [7, 11) is 0. The number of hydrogen-bond donors (Lipinski definition) is 3. The van der Waals surface area contributed by atoms with Gasteiger partial charge >= 0.3 is 0 Å². The van der Waals surface area contributed by atoms with E-state index >= 15 is 0 Å². The van der Waals surface area contributed by atoms with Crippen LogP contribution in [0, 0.1) is 6.92 Å². The molecule has 9 heteroatoms. The first-order chi connectivity index (χ1) is 12.7. The average Bonchev–Trinajstić information content (AvgIpc) is 3.09. The number of aromatic nitrogens is 3. The SMILES string of the molecule is Cc1csc(-c2c(NC3CCCNC3)nc(N3CCOCC3)[nH]c2=O)n1. The molecular weight excluding hydrogens is 352 g/mol. The number of nitrogens with zero attached hydrogens (tertiary/aromatic N) is 3. The van der Waals surface area contributed by atoms with Crippen LogP contribution in [0.1, 0.15) is 18.5 Å². The lowest BCUT2D eigenvalue weighted by Crippen LogP contribution is -2.40. The van der Waals surface area contributed by atoms with Crippen molar-refractivity contribution in [3.8, 4) is 10.6 Å². The van der Waals surface area contributed by atoms with E-state index in [2.05, 4.69) is 25.5 Å². The topological polar surface area (TPSA) is 95.2 Å². The average molecular weight is 376 g/mol. The van der Waals surface area contributed by atoms with Crippen LogP contribution in [0.2, 0.25) is 0 Å². The van der Waals surface area contributed by atoms with Crippen molar-refractivity contribution in [2.75, 3.05) is 49.6 Å². The van der Waals surface area contributed by atoms with E-state index in [1.165, 1.54) is 11.3 Å². The predicted octanol–water partition coefficient (Wildman–Crippen LogP) is 1.20. The minimum atomic E-state index is -0.151. The van der Waals surface area contributed by atoms with Crippen LogP contribution in [0.4, 0.5) is 11.8 Å². The van der Waals surface area contributed by atoms with Gasteiger partial charge in [0.1, 0.15) is 16.4 Å². The van der Waals surface area contributed by atoms with Crippen molar-refractivity contribution in [2.24, 2.45) is 0 Å². The van der Waals surface area contributed by atoms with E-state index in [0.717, 1.165) is 44.7 Å². The molecule has 2 aromatic heterocycles. The molecule has 4 heterocycles. The van der Waals surface area contributed by atoms with Gasteiger partial charge in [0.15, 0.2) is 0 Å². The lowest BCUT2D eigenvalue weighted by Gasteiger charge is -2.29. The van der Waals surface area contributed by atoms with Gasteiger partial charge in [0.2, 0.25) is 5.95 Å². The van der Waals surface area contributed by atoms with Crippen molar-refractivity contribution < 1.29 is 4.74 Å². The molecule has 3 N–H and O–H groups in total. The molecule has 2 aliphatic heterocycles. The van der Waals surface area contributed by atoms with Crippen LogP contribution < -0.4 is 21.1 Å². The Hall–Kier alpha value is -1.97. The highest BCUT2D eigenvalue weighted by Gasteiger charge is 2.23. The first kappa shape index (κ1) is 17.4. The number of nitrogens with one attached hydrogen (secondary N) is 3. The Kier molecular flexibility index (Phi) is 5.18. The molecular formula is C17H24N6O2S. The Morgan fingerprint density at radius 2 is 2.19 bits per heavy atom. The Morgan fingerprint density at radius 3 is 2.88 bits per heavy atom. The van der Waals surface area contributed by atoms with Crippen molar-refractivity contribution in [1.82, 2.24) is 20.3 Å². The highest BCUT2D eigenvalue weighted by molar-refractivity contribution is 7.13. The van der Waals surface area contributed by atoms with Gasteiger partial charge in [0, 0.05) is 36.8 Å². The third kappa shape index (κ3) is 3.74. The maximum absolute atomic E-state index is 12.9. The summed E-state index contributed by atoms with van der Waals surface area (Å²) in [5, 5.41) is 9.55. The zero-order chi connectivity index (χ0) is 17.9. The van der Waals surface area contributed by atoms with E-state index in [1.807, 2.05) is 12.3 Å². The highest BCUT2D eigenvalue weighted by Crippen LogP contribution is 2.28. The molecule has 26 heavy (non-hydrogen) atoms. The molecule has 1 atom stereocenters. The molecule has 2 fully saturated rings. The maximum Gasteiger partial charge on any atom is 0.264 e. The van der Waals surface area contributed by atoms with E-state index in [1.54, 1.807) is 0 Å². The number of ether oxygens (including phenoxy) is 1. The molecule has 0 spiro atoms. The number of aromatic amines is 1. The Balaban J connectivity index is 1.72. The normalized spacial score (nSPS) is 21.0. The lowest BCUT2D eigenvalue weighted by atomic mass is 10.1. The highest BCUT2D eigenvalue weighted by atomic mass is 32.1. The largest absolute Gasteiger partial charge is 0.378 e. The second kappa shape index (κ2) is 7.73. The Morgan fingerprint density at radius 1 is 1.35 bits per heavy atom. The smallest absolute Gasteiger partial charge is 0.264 e. The number of thiazole rings is 1. The number of H-pyrrole nitrogens is 1. The minimum Gasteiger partial charge on any atom is -0.378 e. The summed E-state index contributed by atoms with van der Waals surface area (Å²) < 4.78 is 5.41. The number of hydrogen-bond acceptors (Lipinski definition) is 8. The fourth-order valence-electron chi connectivity index (χ4n) is 3.33. The number of morpholine rings is 1. The van der Waals surface area contributed by atoms with Crippen LogP contribution in [-0.2, 0) is 4.74 Å². The molecule has 0 aliphatic carbocycles. The number of aryl methyl sites for hydroxylation is 1. The first-order valence-corrected chi connectivity index (χ1v) is 9.95.